The SMILES string of the molecule is O=C(/C=C/c1ccco1)OCC(=O)N1c2ccccc2OC[C@@H]1c1ccccc1. The van der Waals surface area contributed by atoms with E-state index in [1.54, 1.807) is 17.0 Å². The maximum atomic E-state index is 13.0. The predicted octanol–water partition coefficient (Wildman–Crippen LogP) is 4.00. The first kappa shape index (κ1) is 18.6. The lowest BCUT2D eigenvalue weighted by atomic mass is 10.0. The zero-order chi connectivity index (χ0) is 20.1. The highest BCUT2D eigenvalue weighted by Gasteiger charge is 2.33. The van der Waals surface area contributed by atoms with Crippen molar-refractivity contribution in [1.29, 1.82) is 0 Å². The molecule has 1 aromatic heterocycles. The second kappa shape index (κ2) is 8.48. The third kappa shape index (κ3) is 4.21. The first-order chi connectivity index (χ1) is 14.2. The molecule has 0 unspecified atom stereocenters. The van der Waals surface area contributed by atoms with Gasteiger partial charge in [-0.15, -0.1) is 0 Å². The molecule has 1 aliphatic heterocycles. The van der Waals surface area contributed by atoms with Crippen molar-refractivity contribution in [2.75, 3.05) is 18.1 Å². The summed E-state index contributed by atoms with van der Waals surface area (Å²) in [5.74, 6) is 0.207. The molecule has 146 valence electrons. The molecule has 2 heterocycles. The van der Waals surface area contributed by atoms with Gasteiger partial charge < -0.3 is 13.9 Å². The number of hydrogen-bond donors (Lipinski definition) is 0. The maximum Gasteiger partial charge on any atom is 0.331 e. The third-order valence-electron chi connectivity index (χ3n) is 4.55. The molecule has 0 aliphatic carbocycles. The number of rotatable bonds is 5. The van der Waals surface area contributed by atoms with Gasteiger partial charge in [0.15, 0.2) is 6.61 Å². The predicted molar refractivity (Wildman–Crippen MR) is 107 cm³/mol. The summed E-state index contributed by atoms with van der Waals surface area (Å²) in [5, 5.41) is 0. The number of para-hydroxylation sites is 2. The molecule has 1 aliphatic rings. The van der Waals surface area contributed by atoms with Crippen LogP contribution < -0.4 is 9.64 Å². The molecule has 0 saturated carbocycles. The van der Waals surface area contributed by atoms with Gasteiger partial charge in [0, 0.05) is 6.08 Å². The molecule has 1 amide bonds. The van der Waals surface area contributed by atoms with Crippen LogP contribution in [0.4, 0.5) is 5.69 Å². The lowest BCUT2D eigenvalue weighted by molar-refractivity contribution is -0.143. The fourth-order valence-corrected chi connectivity index (χ4v) is 3.20. The molecule has 6 heteroatoms. The topological polar surface area (TPSA) is 69.0 Å². The number of anilines is 1. The van der Waals surface area contributed by atoms with Crippen molar-refractivity contribution in [3.8, 4) is 5.75 Å². The Balaban J connectivity index is 1.51. The molecule has 1 atom stereocenters. The Kier molecular flexibility index (Phi) is 5.42. The standard InChI is InChI=1S/C23H19NO5/c25-22(16-29-23(26)13-12-18-9-6-14-27-18)24-19-10-4-5-11-21(19)28-15-20(24)17-7-2-1-3-8-17/h1-14,20H,15-16H2/b13-12+/t20-/m1/s1. The van der Waals surface area contributed by atoms with E-state index in [0.717, 1.165) is 5.56 Å². The number of ether oxygens (including phenoxy) is 2. The van der Waals surface area contributed by atoms with Gasteiger partial charge in [-0.1, -0.05) is 42.5 Å². The smallest absolute Gasteiger partial charge is 0.331 e. The molecule has 0 N–H and O–H groups in total. The molecule has 4 rings (SSSR count). The molecular weight excluding hydrogens is 370 g/mol. The summed E-state index contributed by atoms with van der Waals surface area (Å²) in [7, 11) is 0. The van der Waals surface area contributed by atoms with Gasteiger partial charge in [-0.05, 0) is 35.9 Å². The molecule has 0 bridgehead atoms. The summed E-state index contributed by atoms with van der Waals surface area (Å²) in [6, 6.07) is 20.1. The Morgan fingerprint density at radius 2 is 1.83 bits per heavy atom. The van der Waals surface area contributed by atoms with E-state index in [-0.39, 0.29) is 18.6 Å². The van der Waals surface area contributed by atoms with E-state index in [4.69, 9.17) is 13.9 Å². The van der Waals surface area contributed by atoms with E-state index >= 15 is 0 Å². The Morgan fingerprint density at radius 3 is 2.62 bits per heavy atom. The van der Waals surface area contributed by atoms with Crippen molar-refractivity contribution in [3.63, 3.8) is 0 Å². The van der Waals surface area contributed by atoms with Crippen molar-refractivity contribution >= 4 is 23.6 Å². The first-order valence-electron chi connectivity index (χ1n) is 9.19. The number of benzene rings is 2. The van der Waals surface area contributed by atoms with E-state index in [1.807, 2.05) is 54.6 Å². The highest BCUT2D eigenvalue weighted by Crippen LogP contribution is 2.39. The highest BCUT2D eigenvalue weighted by atomic mass is 16.5. The van der Waals surface area contributed by atoms with Crippen molar-refractivity contribution in [2.24, 2.45) is 0 Å². The van der Waals surface area contributed by atoms with E-state index in [2.05, 4.69) is 0 Å². The first-order valence-corrected chi connectivity index (χ1v) is 9.19. The van der Waals surface area contributed by atoms with Crippen molar-refractivity contribution in [2.45, 2.75) is 6.04 Å². The lowest BCUT2D eigenvalue weighted by Gasteiger charge is -2.37. The molecule has 0 radical (unpaired) electrons. The number of hydrogen-bond acceptors (Lipinski definition) is 5. The minimum absolute atomic E-state index is 0.309. The fourth-order valence-electron chi connectivity index (χ4n) is 3.20. The zero-order valence-electron chi connectivity index (χ0n) is 15.6. The Hall–Kier alpha value is -3.80. The number of carbonyl (C=O) groups is 2. The number of esters is 1. The second-order valence-electron chi connectivity index (χ2n) is 6.43. The summed E-state index contributed by atoms with van der Waals surface area (Å²) in [5.41, 5.74) is 1.60. The molecule has 29 heavy (non-hydrogen) atoms. The Bertz CT molecular complexity index is 1010. The van der Waals surface area contributed by atoms with Crippen molar-refractivity contribution < 1.29 is 23.5 Å². The van der Waals surface area contributed by atoms with E-state index in [0.29, 0.717) is 23.8 Å². The minimum atomic E-state index is -0.618. The van der Waals surface area contributed by atoms with Gasteiger partial charge in [-0.3, -0.25) is 9.69 Å². The van der Waals surface area contributed by atoms with Crippen LogP contribution in [0.3, 0.4) is 0 Å². The van der Waals surface area contributed by atoms with Crippen LogP contribution in [0.15, 0.2) is 83.5 Å². The summed E-state index contributed by atoms with van der Waals surface area (Å²) in [6.07, 6.45) is 4.23. The summed E-state index contributed by atoms with van der Waals surface area (Å²) in [6.45, 7) is -0.0574. The van der Waals surface area contributed by atoms with Gasteiger partial charge in [0.05, 0.1) is 18.0 Å². The van der Waals surface area contributed by atoms with Gasteiger partial charge in [-0.25, -0.2) is 4.79 Å². The number of nitrogens with zero attached hydrogens (tertiary/aromatic N) is 1. The van der Waals surface area contributed by atoms with Crippen LogP contribution in [-0.2, 0) is 14.3 Å². The average molecular weight is 389 g/mol. The number of carbonyl (C=O) groups excluding carboxylic acids is 2. The Labute approximate surface area is 168 Å². The number of fused-ring (bicyclic) bond motifs is 1. The van der Waals surface area contributed by atoms with Gasteiger partial charge >= 0.3 is 5.97 Å². The second-order valence-corrected chi connectivity index (χ2v) is 6.43. The monoisotopic (exact) mass is 389 g/mol. The summed E-state index contributed by atoms with van der Waals surface area (Å²) in [4.78, 5) is 26.6. The highest BCUT2D eigenvalue weighted by molar-refractivity contribution is 5.98. The van der Waals surface area contributed by atoms with Gasteiger partial charge in [0.1, 0.15) is 18.1 Å². The molecule has 0 fully saturated rings. The number of furan rings is 1. The molecule has 0 saturated heterocycles. The quantitative estimate of drug-likeness (QED) is 0.487. The van der Waals surface area contributed by atoms with Crippen molar-refractivity contribution in [3.05, 3.63) is 90.4 Å². The van der Waals surface area contributed by atoms with Crippen LogP contribution in [0.25, 0.3) is 6.08 Å². The van der Waals surface area contributed by atoms with Gasteiger partial charge in [-0.2, -0.15) is 0 Å². The normalized spacial score (nSPS) is 15.6. The fraction of sp³-hybridized carbons (Fsp3) is 0.130. The molecule has 6 nitrogen and oxygen atoms in total. The van der Waals surface area contributed by atoms with Gasteiger partial charge in [0.2, 0.25) is 0 Å². The molecule has 3 aromatic rings. The van der Waals surface area contributed by atoms with Crippen LogP contribution in [0, 0.1) is 0 Å². The van der Waals surface area contributed by atoms with E-state index in [1.165, 1.54) is 18.4 Å². The van der Waals surface area contributed by atoms with Crippen molar-refractivity contribution in [1.82, 2.24) is 0 Å². The Morgan fingerprint density at radius 1 is 1.03 bits per heavy atom. The summed E-state index contributed by atoms with van der Waals surface area (Å²) < 4.78 is 16.1. The average Bonchev–Trinajstić information content (AvgIpc) is 3.29. The number of amides is 1. The molecule has 2 aromatic carbocycles. The molecule has 0 spiro atoms. The minimum Gasteiger partial charge on any atom is -0.489 e. The van der Waals surface area contributed by atoms with E-state index < -0.39 is 5.97 Å². The molecular formula is C23H19NO5. The lowest BCUT2D eigenvalue weighted by Crippen LogP contribution is -2.43. The van der Waals surface area contributed by atoms with Gasteiger partial charge in [0.25, 0.3) is 5.91 Å². The van der Waals surface area contributed by atoms with E-state index in [9.17, 15) is 9.59 Å². The largest absolute Gasteiger partial charge is 0.489 e. The zero-order valence-corrected chi connectivity index (χ0v) is 15.6. The van der Waals surface area contributed by atoms with Crippen LogP contribution in [0.1, 0.15) is 17.4 Å². The van der Waals surface area contributed by atoms with Crippen LogP contribution in [-0.4, -0.2) is 25.1 Å². The summed E-state index contributed by atoms with van der Waals surface area (Å²) >= 11 is 0. The van der Waals surface area contributed by atoms with Crippen LogP contribution in [0.5, 0.6) is 5.75 Å². The van der Waals surface area contributed by atoms with Crippen LogP contribution >= 0.6 is 0 Å². The third-order valence-corrected chi connectivity index (χ3v) is 4.55. The maximum absolute atomic E-state index is 13.0. The van der Waals surface area contributed by atoms with Crippen LogP contribution in [0.2, 0.25) is 0 Å².